The predicted octanol–water partition coefficient (Wildman–Crippen LogP) is 3.08. The Bertz CT molecular complexity index is 1410. The molecule has 0 radical (unpaired) electrons. The molecule has 1 aliphatic rings. The van der Waals surface area contributed by atoms with Crippen LogP contribution >= 0.6 is 0 Å². The Kier molecular flexibility index (Phi) is 3.77. The van der Waals surface area contributed by atoms with Crippen LogP contribution in [0.4, 0.5) is 0 Å². The standard InChI is InChI=1S/C22H15NO6/c1-27-12-7-6-11-8-15(21(25)23-16(11)9-12)14-10-18(24)29-20-13-4-2-3-5-17(13)28-22(26)19(14)20/h2-9,14H,10H2,1H3,(H,23,25). The predicted molar refractivity (Wildman–Crippen MR) is 106 cm³/mol. The fourth-order valence-corrected chi connectivity index (χ4v) is 3.82. The van der Waals surface area contributed by atoms with Gasteiger partial charge in [-0.3, -0.25) is 9.59 Å². The number of benzene rings is 2. The molecule has 2 aromatic carbocycles. The second kappa shape index (κ2) is 6.34. The molecule has 29 heavy (non-hydrogen) atoms. The quantitative estimate of drug-likeness (QED) is 0.418. The number of hydrogen-bond acceptors (Lipinski definition) is 6. The van der Waals surface area contributed by atoms with Gasteiger partial charge in [0, 0.05) is 17.5 Å². The van der Waals surface area contributed by atoms with Gasteiger partial charge in [-0.15, -0.1) is 0 Å². The molecule has 144 valence electrons. The van der Waals surface area contributed by atoms with Crippen LogP contribution < -0.4 is 20.7 Å². The van der Waals surface area contributed by atoms with E-state index in [2.05, 4.69) is 4.98 Å². The number of ether oxygens (including phenoxy) is 2. The van der Waals surface area contributed by atoms with Gasteiger partial charge in [0.2, 0.25) is 0 Å². The molecule has 0 spiro atoms. The van der Waals surface area contributed by atoms with Crippen molar-refractivity contribution in [3.05, 3.63) is 80.4 Å². The summed E-state index contributed by atoms with van der Waals surface area (Å²) in [7, 11) is 1.54. The molecule has 0 amide bonds. The lowest BCUT2D eigenvalue weighted by molar-refractivity contribution is -0.135. The van der Waals surface area contributed by atoms with E-state index in [1.54, 1.807) is 55.6 Å². The topological polar surface area (TPSA) is 98.6 Å². The van der Waals surface area contributed by atoms with E-state index < -0.39 is 17.5 Å². The zero-order valence-corrected chi connectivity index (χ0v) is 15.4. The number of methoxy groups -OCH3 is 1. The first-order chi connectivity index (χ1) is 14.0. The Morgan fingerprint density at radius 1 is 1.07 bits per heavy atom. The summed E-state index contributed by atoms with van der Waals surface area (Å²) >= 11 is 0. The van der Waals surface area contributed by atoms with Crippen LogP contribution in [0.25, 0.3) is 21.9 Å². The summed E-state index contributed by atoms with van der Waals surface area (Å²) in [5, 5.41) is 1.27. The van der Waals surface area contributed by atoms with Crippen LogP contribution in [0.3, 0.4) is 0 Å². The summed E-state index contributed by atoms with van der Waals surface area (Å²) in [6.45, 7) is 0. The summed E-state index contributed by atoms with van der Waals surface area (Å²) in [5.74, 6) is -0.498. The lowest BCUT2D eigenvalue weighted by Crippen LogP contribution is -2.30. The summed E-state index contributed by atoms with van der Waals surface area (Å²) in [6.07, 6.45) is -0.124. The zero-order valence-electron chi connectivity index (χ0n) is 15.4. The Morgan fingerprint density at radius 2 is 1.90 bits per heavy atom. The molecule has 3 heterocycles. The normalized spacial score (nSPS) is 15.9. The molecule has 0 saturated carbocycles. The van der Waals surface area contributed by atoms with Gasteiger partial charge in [-0.05, 0) is 35.7 Å². The molecule has 0 fully saturated rings. The van der Waals surface area contributed by atoms with Gasteiger partial charge in [-0.25, -0.2) is 4.79 Å². The van der Waals surface area contributed by atoms with E-state index >= 15 is 0 Å². The number of carbonyl (C=O) groups is 1. The number of aromatic amines is 1. The van der Waals surface area contributed by atoms with Crippen molar-refractivity contribution >= 4 is 27.8 Å². The minimum absolute atomic E-state index is 0.124. The maximum absolute atomic E-state index is 12.8. The Morgan fingerprint density at radius 3 is 2.72 bits per heavy atom. The number of aromatic nitrogens is 1. The number of esters is 1. The zero-order chi connectivity index (χ0) is 20.1. The molecule has 4 aromatic rings. The molecule has 2 aromatic heterocycles. The summed E-state index contributed by atoms with van der Waals surface area (Å²) in [4.78, 5) is 40.7. The summed E-state index contributed by atoms with van der Waals surface area (Å²) in [5.41, 5.74) is 0.408. The number of H-pyrrole nitrogens is 1. The van der Waals surface area contributed by atoms with Gasteiger partial charge in [-0.2, -0.15) is 0 Å². The van der Waals surface area contributed by atoms with Gasteiger partial charge in [0.1, 0.15) is 11.3 Å². The highest BCUT2D eigenvalue weighted by molar-refractivity contribution is 5.90. The number of para-hydroxylation sites is 1. The Labute approximate surface area is 163 Å². The summed E-state index contributed by atoms with van der Waals surface area (Å²) in [6, 6.07) is 13.8. The molecule has 1 atom stereocenters. The molecule has 7 heteroatoms. The number of hydrogen-bond donors (Lipinski definition) is 1. The van der Waals surface area contributed by atoms with E-state index in [0.29, 0.717) is 27.8 Å². The second-order valence-corrected chi connectivity index (χ2v) is 6.87. The number of carbonyl (C=O) groups excluding carboxylic acids is 1. The number of nitrogens with one attached hydrogen (secondary N) is 1. The third-order valence-corrected chi connectivity index (χ3v) is 5.19. The first kappa shape index (κ1) is 17.2. The number of fused-ring (bicyclic) bond motifs is 4. The maximum Gasteiger partial charge on any atom is 0.343 e. The molecule has 1 unspecified atom stereocenters. The van der Waals surface area contributed by atoms with Crippen molar-refractivity contribution in [3.63, 3.8) is 0 Å². The van der Waals surface area contributed by atoms with Crippen LogP contribution in [0.5, 0.6) is 11.5 Å². The van der Waals surface area contributed by atoms with E-state index in [0.717, 1.165) is 5.39 Å². The fraction of sp³-hybridized carbons (Fsp3) is 0.136. The first-order valence-corrected chi connectivity index (χ1v) is 9.02. The van der Waals surface area contributed by atoms with Crippen LogP contribution in [-0.4, -0.2) is 18.1 Å². The molecular weight excluding hydrogens is 374 g/mol. The minimum atomic E-state index is -0.762. The lowest BCUT2D eigenvalue weighted by Gasteiger charge is -2.24. The van der Waals surface area contributed by atoms with E-state index in [-0.39, 0.29) is 23.3 Å². The van der Waals surface area contributed by atoms with Gasteiger partial charge in [-0.1, -0.05) is 12.1 Å². The third-order valence-electron chi connectivity index (χ3n) is 5.19. The molecular formula is C22H15NO6. The van der Waals surface area contributed by atoms with Crippen molar-refractivity contribution in [2.75, 3.05) is 7.11 Å². The molecule has 7 nitrogen and oxygen atoms in total. The largest absolute Gasteiger partial charge is 0.497 e. The molecule has 5 rings (SSSR count). The molecule has 1 aliphatic heterocycles. The number of pyridine rings is 1. The highest BCUT2D eigenvalue weighted by atomic mass is 16.5. The highest BCUT2D eigenvalue weighted by Gasteiger charge is 2.35. The maximum atomic E-state index is 12.8. The van der Waals surface area contributed by atoms with Crippen LogP contribution in [0.15, 0.2) is 62.5 Å². The highest BCUT2D eigenvalue weighted by Crippen LogP contribution is 2.40. The van der Waals surface area contributed by atoms with E-state index in [1.807, 2.05) is 0 Å². The third kappa shape index (κ3) is 2.70. The Hall–Kier alpha value is -3.87. The van der Waals surface area contributed by atoms with E-state index in [4.69, 9.17) is 13.9 Å². The van der Waals surface area contributed by atoms with Gasteiger partial charge >= 0.3 is 11.6 Å². The van der Waals surface area contributed by atoms with Crippen molar-refractivity contribution < 1.29 is 18.7 Å². The average molecular weight is 389 g/mol. The molecule has 1 N–H and O–H groups in total. The second-order valence-electron chi connectivity index (χ2n) is 6.87. The molecule has 0 bridgehead atoms. The average Bonchev–Trinajstić information content (AvgIpc) is 2.72. The van der Waals surface area contributed by atoms with Crippen molar-refractivity contribution in [3.8, 4) is 11.5 Å². The van der Waals surface area contributed by atoms with Gasteiger partial charge in [0.15, 0.2) is 5.75 Å². The van der Waals surface area contributed by atoms with Crippen molar-refractivity contribution in [1.82, 2.24) is 4.98 Å². The minimum Gasteiger partial charge on any atom is -0.497 e. The first-order valence-electron chi connectivity index (χ1n) is 9.02. The van der Waals surface area contributed by atoms with Crippen LogP contribution in [0, 0.1) is 0 Å². The van der Waals surface area contributed by atoms with Crippen molar-refractivity contribution in [1.29, 1.82) is 0 Å². The molecule has 0 saturated heterocycles. The van der Waals surface area contributed by atoms with E-state index in [9.17, 15) is 14.4 Å². The molecule has 0 aliphatic carbocycles. The van der Waals surface area contributed by atoms with Crippen molar-refractivity contribution in [2.24, 2.45) is 0 Å². The van der Waals surface area contributed by atoms with Crippen LogP contribution in [0.1, 0.15) is 23.5 Å². The fourth-order valence-electron chi connectivity index (χ4n) is 3.82. The SMILES string of the molecule is COc1ccc2cc(C3CC(=O)Oc4c3c(=O)oc3ccccc43)c(=O)[nH]c2c1. The summed E-state index contributed by atoms with van der Waals surface area (Å²) < 4.78 is 16.0. The van der Waals surface area contributed by atoms with Crippen LogP contribution in [-0.2, 0) is 4.79 Å². The van der Waals surface area contributed by atoms with Gasteiger partial charge < -0.3 is 18.9 Å². The van der Waals surface area contributed by atoms with Gasteiger partial charge in [0.25, 0.3) is 5.56 Å². The lowest BCUT2D eigenvalue weighted by atomic mass is 9.87. The van der Waals surface area contributed by atoms with Crippen LogP contribution in [0.2, 0.25) is 0 Å². The Balaban J connectivity index is 1.77. The van der Waals surface area contributed by atoms with Gasteiger partial charge in [0.05, 0.1) is 30.0 Å². The smallest absolute Gasteiger partial charge is 0.343 e. The van der Waals surface area contributed by atoms with Crippen molar-refractivity contribution in [2.45, 2.75) is 12.3 Å². The number of rotatable bonds is 2. The monoisotopic (exact) mass is 389 g/mol. The van der Waals surface area contributed by atoms with E-state index in [1.165, 1.54) is 0 Å².